The minimum absolute atomic E-state index is 0. The molecule has 2 N–H and O–H groups in total. The Labute approximate surface area is 103 Å². The second kappa shape index (κ2) is 7.36. The first-order valence-corrected chi connectivity index (χ1v) is 6.29. The van der Waals surface area contributed by atoms with Gasteiger partial charge in [0.15, 0.2) is 0 Å². The Bertz CT molecular complexity index is 202. The smallest absolute Gasteiger partial charge is 0.222 e. The summed E-state index contributed by atoms with van der Waals surface area (Å²) in [4.78, 5) is 13.7. The van der Waals surface area contributed by atoms with Gasteiger partial charge >= 0.3 is 0 Å². The molecule has 2 unspecified atom stereocenters. The fourth-order valence-electron chi connectivity index (χ4n) is 1.55. The molecule has 1 aliphatic rings. The molecule has 1 rings (SSSR count). The highest BCUT2D eigenvalue weighted by Crippen LogP contribution is 2.18. The summed E-state index contributed by atoms with van der Waals surface area (Å²) in [7, 11) is 0. The van der Waals surface area contributed by atoms with Gasteiger partial charge in [-0.1, -0.05) is 6.92 Å². The fourth-order valence-corrected chi connectivity index (χ4v) is 2.57. The first kappa shape index (κ1) is 15.1. The number of amides is 1. The summed E-state index contributed by atoms with van der Waals surface area (Å²) in [6.45, 7) is 5.94. The fraction of sp³-hybridized carbons (Fsp3) is 0.900. The van der Waals surface area contributed by atoms with Crippen LogP contribution < -0.4 is 5.73 Å². The van der Waals surface area contributed by atoms with Gasteiger partial charge in [0.05, 0.1) is 0 Å². The lowest BCUT2D eigenvalue weighted by molar-refractivity contribution is -0.131. The zero-order valence-electron chi connectivity index (χ0n) is 9.44. The van der Waals surface area contributed by atoms with Gasteiger partial charge in [0.25, 0.3) is 0 Å². The van der Waals surface area contributed by atoms with Crippen LogP contribution in [0.25, 0.3) is 0 Å². The zero-order valence-corrected chi connectivity index (χ0v) is 11.1. The Hall–Kier alpha value is 0.0700. The van der Waals surface area contributed by atoms with Crippen LogP contribution in [-0.4, -0.2) is 40.9 Å². The molecule has 1 aliphatic heterocycles. The molecule has 0 bridgehead atoms. The molecule has 5 heteroatoms. The highest BCUT2D eigenvalue weighted by atomic mass is 35.5. The molecule has 1 fully saturated rings. The molecule has 2 atom stereocenters. The van der Waals surface area contributed by atoms with E-state index in [4.69, 9.17) is 5.73 Å². The third kappa shape index (κ3) is 5.64. The SMILES string of the molecule is CC(N)CCC(=O)N1CCSC(C)C1.Cl. The summed E-state index contributed by atoms with van der Waals surface area (Å²) in [5.41, 5.74) is 5.62. The van der Waals surface area contributed by atoms with Crippen molar-refractivity contribution in [3.63, 3.8) is 0 Å². The number of nitrogens with two attached hydrogens (primary N) is 1. The molecule has 0 saturated carbocycles. The van der Waals surface area contributed by atoms with E-state index >= 15 is 0 Å². The molecule has 0 aromatic rings. The van der Waals surface area contributed by atoms with Crippen LogP contribution in [0, 0.1) is 0 Å². The Morgan fingerprint density at radius 1 is 1.67 bits per heavy atom. The van der Waals surface area contributed by atoms with Crippen LogP contribution in [0.2, 0.25) is 0 Å². The molecule has 3 nitrogen and oxygen atoms in total. The van der Waals surface area contributed by atoms with Crippen molar-refractivity contribution in [3.8, 4) is 0 Å². The maximum absolute atomic E-state index is 11.7. The summed E-state index contributed by atoms with van der Waals surface area (Å²) < 4.78 is 0. The highest BCUT2D eigenvalue weighted by molar-refractivity contribution is 7.99. The summed E-state index contributed by atoms with van der Waals surface area (Å²) >= 11 is 1.95. The van der Waals surface area contributed by atoms with Gasteiger partial charge in [-0.2, -0.15) is 11.8 Å². The van der Waals surface area contributed by atoms with Crippen molar-refractivity contribution in [2.45, 2.75) is 38.0 Å². The summed E-state index contributed by atoms with van der Waals surface area (Å²) in [5, 5.41) is 0.586. The number of hydrogen-bond acceptors (Lipinski definition) is 3. The van der Waals surface area contributed by atoms with Gasteiger partial charge in [-0.15, -0.1) is 12.4 Å². The summed E-state index contributed by atoms with van der Waals surface area (Å²) in [5.74, 6) is 1.35. The third-order valence-corrected chi connectivity index (χ3v) is 3.54. The quantitative estimate of drug-likeness (QED) is 0.828. The number of carbonyl (C=O) groups is 1. The second-order valence-electron chi connectivity index (χ2n) is 4.04. The Morgan fingerprint density at radius 2 is 2.33 bits per heavy atom. The van der Waals surface area contributed by atoms with Crippen molar-refractivity contribution in [3.05, 3.63) is 0 Å². The largest absolute Gasteiger partial charge is 0.341 e. The van der Waals surface area contributed by atoms with E-state index in [0.717, 1.165) is 25.3 Å². The van der Waals surface area contributed by atoms with Gasteiger partial charge < -0.3 is 10.6 Å². The van der Waals surface area contributed by atoms with Gasteiger partial charge in [0.2, 0.25) is 5.91 Å². The second-order valence-corrected chi connectivity index (χ2v) is 5.58. The lowest BCUT2D eigenvalue weighted by Crippen LogP contribution is -2.41. The zero-order chi connectivity index (χ0) is 10.6. The van der Waals surface area contributed by atoms with E-state index < -0.39 is 0 Å². The van der Waals surface area contributed by atoms with Gasteiger partial charge in [0.1, 0.15) is 0 Å². The minimum atomic E-state index is 0. The molecule has 0 radical (unpaired) electrons. The molecule has 0 spiro atoms. The van der Waals surface area contributed by atoms with E-state index in [0.29, 0.717) is 11.7 Å². The third-order valence-electron chi connectivity index (χ3n) is 2.41. The van der Waals surface area contributed by atoms with Crippen LogP contribution in [0.3, 0.4) is 0 Å². The molecule has 0 aliphatic carbocycles. The number of nitrogens with zero attached hydrogens (tertiary/aromatic N) is 1. The van der Waals surface area contributed by atoms with Crippen molar-refractivity contribution >= 4 is 30.1 Å². The van der Waals surface area contributed by atoms with Crippen molar-refractivity contribution in [1.29, 1.82) is 0 Å². The number of thioether (sulfide) groups is 1. The molecule has 0 aromatic carbocycles. The van der Waals surface area contributed by atoms with Crippen molar-refractivity contribution in [2.75, 3.05) is 18.8 Å². The van der Waals surface area contributed by atoms with Gasteiger partial charge in [-0.05, 0) is 13.3 Å². The van der Waals surface area contributed by atoms with E-state index in [-0.39, 0.29) is 24.4 Å². The van der Waals surface area contributed by atoms with Crippen LogP contribution in [0.4, 0.5) is 0 Å². The number of hydrogen-bond donors (Lipinski definition) is 1. The monoisotopic (exact) mass is 252 g/mol. The first-order valence-electron chi connectivity index (χ1n) is 5.24. The Morgan fingerprint density at radius 3 is 2.87 bits per heavy atom. The van der Waals surface area contributed by atoms with Crippen LogP contribution in [-0.2, 0) is 4.79 Å². The molecular weight excluding hydrogens is 232 g/mol. The van der Waals surface area contributed by atoms with Gasteiger partial charge in [0, 0.05) is 36.6 Å². The molecule has 15 heavy (non-hydrogen) atoms. The lowest BCUT2D eigenvalue weighted by atomic mass is 10.2. The van der Waals surface area contributed by atoms with Crippen molar-refractivity contribution in [2.24, 2.45) is 5.73 Å². The Balaban J connectivity index is 0.00000196. The van der Waals surface area contributed by atoms with Gasteiger partial charge in [-0.3, -0.25) is 4.79 Å². The number of halogens is 1. The maximum atomic E-state index is 11.7. The van der Waals surface area contributed by atoms with Crippen molar-refractivity contribution in [1.82, 2.24) is 4.90 Å². The molecule has 0 aromatic heterocycles. The van der Waals surface area contributed by atoms with E-state index in [1.807, 2.05) is 23.6 Å². The highest BCUT2D eigenvalue weighted by Gasteiger charge is 2.20. The first-order chi connectivity index (χ1) is 6.59. The van der Waals surface area contributed by atoms with E-state index in [9.17, 15) is 4.79 Å². The average Bonchev–Trinajstić information content (AvgIpc) is 2.14. The van der Waals surface area contributed by atoms with E-state index in [1.165, 1.54) is 0 Å². The molecule has 1 heterocycles. The summed E-state index contributed by atoms with van der Waals surface area (Å²) in [6, 6.07) is 0.135. The predicted molar refractivity (Wildman–Crippen MR) is 68.6 cm³/mol. The molecular formula is C10H21ClN2OS. The van der Waals surface area contributed by atoms with Crippen molar-refractivity contribution < 1.29 is 4.79 Å². The number of rotatable bonds is 3. The van der Waals surface area contributed by atoms with Crippen LogP contribution in [0.15, 0.2) is 0 Å². The number of carbonyl (C=O) groups excluding carboxylic acids is 1. The molecule has 90 valence electrons. The topological polar surface area (TPSA) is 46.3 Å². The van der Waals surface area contributed by atoms with E-state index in [2.05, 4.69) is 6.92 Å². The normalized spacial score (nSPS) is 23.1. The minimum Gasteiger partial charge on any atom is -0.341 e. The average molecular weight is 253 g/mol. The van der Waals surface area contributed by atoms with Crippen LogP contribution >= 0.6 is 24.2 Å². The van der Waals surface area contributed by atoms with Crippen LogP contribution in [0.1, 0.15) is 26.7 Å². The predicted octanol–water partition coefficient (Wildman–Crippen LogP) is 1.50. The van der Waals surface area contributed by atoms with Gasteiger partial charge in [-0.25, -0.2) is 0 Å². The molecule has 1 saturated heterocycles. The van der Waals surface area contributed by atoms with Crippen LogP contribution in [0.5, 0.6) is 0 Å². The molecule has 1 amide bonds. The Kier molecular flexibility index (Phi) is 7.40. The van der Waals surface area contributed by atoms with E-state index in [1.54, 1.807) is 0 Å². The summed E-state index contributed by atoms with van der Waals surface area (Å²) in [6.07, 6.45) is 1.41. The standard InChI is InChI=1S/C10H20N2OS.ClH/c1-8(11)3-4-10(13)12-5-6-14-9(2)7-12;/h8-9H,3-7,11H2,1-2H3;1H. The lowest BCUT2D eigenvalue weighted by Gasteiger charge is -2.30. The maximum Gasteiger partial charge on any atom is 0.222 e.